The molecule has 0 atom stereocenters. The summed E-state index contributed by atoms with van der Waals surface area (Å²) in [7, 11) is 0. The molecule has 0 bridgehead atoms. The number of benzene rings is 2. The Hall–Kier alpha value is -3.75. The molecule has 9 nitrogen and oxygen atoms in total. The van der Waals surface area contributed by atoms with Gasteiger partial charge < -0.3 is 24.8 Å². The van der Waals surface area contributed by atoms with E-state index in [0.29, 0.717) is 0 Å². The fourth-order valence-corrected chi connectivity index (χ4v) is 2.31. The van der Waals surface area contributed by atoms with Crippen molar-refractivity contribution in [1.29, 1.82) is 0 Å². The lowest BCUT2D eigenvalue weighted by Crippen LogP contribution is -2.05. The van der Waals surface area contributed by atoms with Gasteiger partial charge in [0.25, 0.3) is 0 Å². The topological polar surface area (TPSA) is 154 Å². The zero-order valence-corrected chi connectivity index (χ0v) is 11.8. The summed E-state index contributed by atoms with van der Waals surface area (Å²) in [6, 6.07) is 7.79. The van der Waals surface area contributed by atoms with E-state index in [1.165, 1.54) is 12.1 Å². The highest BCUT2D eigenvalue weighted by Crippen LogP contribution is 2.49. The molecule has 24 heavy (non-hydrogen) atoms. The number of nitrogens with zero attached hydrogens (tertiary/aromatic N) is 1. The number of nitro groups is 1. The fraction of sp³-hybridized carbons (Fsp3) is 0. The van der Waals surface area contributed by atoms with Gasteiger partial charge in [0.05, 0.1) is 4.92 Å². The van der Waals surface area contributed by atoms with Crippen LogP contribution in [-0.4, -0.2) is 25.3 Å². The third-order valence-corrected chi connectivity index (χ3v) is 3.43. The molecule has 3 aromatic rings. The Morgan fingerprint density at radius 1 is 0.917 bits per heavy atom. The van der Waals surface area contributed by atoms with E-state index >= 15 is 0 Å². The van der Waals surface area contributed by atoms with Crippen LogP contribution in [0.3, 0.4) is 0 Å². The van der Waals surface area contributed by atoms with Gasteiger partial charge in [0.1, 0.15) is 5.39 Å². The smallest absolute Gasteiger partial charge is 0.357 e. The van der Waals surface area contributed by atoms with Gasteiger partial charge >= 0.3 is 5.69 Å². The van der Waals surface area contributed by atoms with Crippen molar-refractivity contribution in [2.24, 2.45) is 0 Å². The fourth-order valence-electron chi connectivity index (χ4n) is 2.31. The lowest BCUT2D eigenvalue weighted by atomic mass is 10.1. The molecule has 0 amide bonds. The first kappa shape index (κ1) is 15.2. The van der Waals surface area contributed by atoms with Crippen molar-refractivity contribution in [3.8, 4) is 34.3 Å². The SMILES string of the molecule is O=c1c(O)c(-c2ccccc2)oc2c([N+](=O)[O-])c(O)c(O)c(O)c12. The van der Waals surface area contributed by atoms with Gasteiger partial charge in [-0.25, -0.2) is 0 Å². The van der Waals surface area contributed by atoms with Crippen LogP contribution in [0, 0.1) is 10.1 Å². The highest BCUT2D eigenvalue weighted by Gasteiger charge is 2.32. The maximum Gasteiger partial charge on any atom is 0.357 e. The second-order valence-corrected chi connectivity index (χ2v) is 4.83. The molecule has 0 aliphatic carbocycles. The summed E-state index contributed by atoms with van der Waals surface area (Å²) in [5, 5.41) is 49.5. The summed E-state index contributed by atoms with van der Waals surface area (Å²) in [5.41, 5.74) is -2.81. The third kappa shape index (κ3) is 1.99. The van der Waals surface area contributed by atoms with Crippen molar-refractivity contribution in [1.82, 2.24) is 0 Å². The molecule has 3 rings (SSSR count). The molecule has 0 aliphatic rings. The summed E-state index contributed by atoms with van der Waals surface area (Å²) in [6.07, 6.45) is 0. The third-order valence-electron chi connectivity index (χ3n) is 3.43. The average molecular weight is 331 g/mol. The summed E-state index contributed by atoms with van der Waals surface area (Å²) in [4.78, 5) is 22.4. The number of rotatable bonds is 2. The number of nitro benzene ring substituents is 1. The van der Waals surface area contributed by atoms with Crippen LogP contribution in [0.2, 0.25) is 0 Å². The molecule has 0 saturated carbocycles. The molecule has 0 fully saturated rings. The van der Waals surface area contributed by atoms with Gasteiger partial charge in [-0.2, -0.15) is 0 Å². The Bertz CT molecular complexity index is 1040. The quantitative estimate of drug-likeness (QED) is 0.316. The molecule has 122 valence electrons. The molecule has 0 unspecified atom stereocenters. The van der Waals surface area contributed by atoms with Gasteiger partial charge in [-0.05, 0) is 0 Å². The minimum atomic E-state index is -1.26. The van der Waals surface area contributed by atoms with Crippen molar-refractivity contribution in [2.75, 3.05) is 0 Å². The summed E-state index contributed by atoms with van der Waals surface area (Å²) < 4.78 is 5.25. The van der Waals surface area contributed by atoms with E-state index in [9.17, 15) is 35.3 Å². The predicted molar refractivity (Wildman–Crippen MR) is 81.2 cm³/mol. The Morgan fingerprint density at radius 2 is 1.54 bits per heavy atom. The monoisotopic (exact) mass is 331 g/mol. The minimum Gasteiger partial charge on any atom is -0.504 e. The average Bonchev–Trinajstić information content (AvgIpc) is 2.56. The van der Waals surface area contributed by atoms with Gasteiger partial charge in [-0.15, -0.1) is 0 Å². The van der Waals surface area contributed by atoms with Crippen LogP contribution in [0.4, 0.5) is 5.69 Å². The Balaban J connectivity index is 2.56. The van der Waals surface area contributed by atoms with Crippen LogP contribution in [0.5, 0.6) is 23.0 Å². The van der Waals surface area contributed by atoms with E-state index < -0.39 is 50.0 Å². The van der Waals surface area contributed by atoms with Crippen LogP contribution in [0.15, 0.2) is 39.5 Å². The van der Waals surface area contributed by atoms with Crippen molar-refractivity contribution in [3.05, 3.63) is 50.7 Å². The van der Waals surface area contributed by atoms with Gasteiger partial charge in [0.15, 0.2) is 11.5 Å². The Kier molecular flexibility index (Phi) is 3.26. The highest BCUT2D eigenvalue weighted by molar-refractivity contribution is 5.98. The summed E-state index contributed by atoms with van der Waals surface area (Å²) in [6.45, 7) is 0. The number of phenolic OH excluding ortho intramolecular Hbond substituents is 3. The highest BCUT2D eigenvalue weighted by atomic mass is 16.6. The molecule has 0 saturated heterocycles. The molecule has 1 aromatic heterocycles. The first-order valence-corrected chi connectivity index (χ1v) is 6.51. The first-order valence-electron chi connectivity index (χ1n) is 6.51. The molecule has 4 N–H and O–H groups in total. The van der Waals surface area contributed by atoms with Crippen LogP contribution in [-0.2, 0) is 0 Å². The predicted octanol–water partition coefficient (Wildman–Crippen LogP) is 2.19. The molecule has 9 heteroatoms. The Morgan fingerprint density at radius 3 is 2.12 bits per heavy atom. The van der Waals surface area contributed by atoms with Crippen LogP contribution < -0.4 is 5.43 Å². The largest absolute Gasteiger partial charge is 0.504 e. The van der Waals surface area contributed by atoms with Crippen LogP contribution in [0.25, 0.3) is 22.3 Å². The second-order valence-electron chi connectivity index (χ2n) is 4.83. The van der Waals surface area contributed by atoms with Gasteiger partial charge in [-0.1, -0.05) is 30.3 Å². The number of hydrogen-bond acceptors (Lipinski definition) is 8. The van der Waals surface area contributed by atoms with Gasteiger partial charge in [0, 0.05) is 5.56 Å². The molecule has 1 heterocycles. The van der Waals surface area contributed by atoms with E-state index in [1.807, 2.05) is 0 Å². The first-order chi connectivity index (χ1) is 11.3. The zero-order chi connectivity index (χ0) is 17.6. The molecule has 2 aromatic carbocycles. The van der Waals surface area contributed by atoms with E-state index in [2.05, 4.69) is 0 Å². The van der Waals surface area contributed by atoms with Crippen molar-refractivity contribution in [2.45, 2.75) is 0 Å². The second kappa shape index (κ2) is 5.16. The van der Waals surface area contributed by atoms with Gasteiger partial charge in [-0.3, -0.25) is 14.9 Å². The summed E-state index contributed by atoms with van der Waals surface area (Å²) in [5.74, 6) is -4.91. The maximum absolute atomic E-state index is 12.3. The molecular weight excluding hydrogens is 322 g/mol. The normalized spacial score (nSPS) is 10.8. The lowest BCUT2D eigenvalue weighted by molar-refractivity contribution is -0.384. The van der Waals surface area contributed by atoms with Gasteiger partial charge in [0.2, 0.25) is 28.3 Å². The number of phenols is 3. The van der Waals surface area contributed by atoms with E-state index in [4.69, 9.17) is 4.42 Å². The maximum atomic E-state index is 12.3. The van der Waals surface area contributed by atoms with Crippen molar-refractivity contribution in [3.63, 3.8) is 0 Å². The number of fused-ring (bicyclic) bond motifs is 1. The molecule has 0 radical (unpaired) electrons. The minimum absolute atomic E-state index is 0.246. The van der Waals surface area contributed by atoms with E-state index in [-0.39, 0.29) is 11.3 Å². The van der Waals surface area contributed by atoms with Crippen molar-refractivity contribution >= 4 is 16.7 Å². The van der Waals surface area contributed by atoms with Crippen LogP contribution in [0.1, 0.15) is 0 Å². The summed E-state index contributed by atoms with van der Waals surface area (Å²) >= 11 is 0. The molecule has 0 aliphatic heterocycles. The number of aromatic hydroxyl groups is 4. The standard InChI is InChI=1S/C15H9NO8/c17-9-7-10(18)13(21)14(6-4-2-1-3-5-6)24-15(7)8(16(22)23)11(19)12(9)20/h1-5,17,19-21H. The lowest BCUT2D eigenvalue weighted by Gasteiger charge is -2.09. The van der Waals surface area contributed by atoms with Crippen LogP contribution >= 0.6 is 0 Å². The number of hydrogen-bond donors (Lipinski definition) is 4. The molecule has 0 spiro atoms. The van der Waals surface area contributed by atoms with E-state index in [1.54, 1.807) is 18.2 Å². The zero-order valence-electron chi connectivity index (χ0n) is 11.8. The van der Waals surface area contributed by atoms with E-state index in [0.717, 1.165) is 0 Å². The van der Waals surface area contributed by atoms with Crippen molar-refractivity contribution < 1.29 is 29.8 Å². The molecular formula is C15H9NO8. The Labute approximate surface area is 132 Å².